The van der Waals surface area contributed by atoms with Crippen LogP contribution in [0.5, 0.6) is 0 Å². The maximum Gasteiger partial charge on any atom is 0.0788 e. The number of quaternary nitrogens is 1. The van der Waals surface area contributed by atoms with Gasteiger partial charge in [0.2, 0.25) is 0 Å². The maximum absolute atomic E-state index is 2.60. The average Bonchev–Trinajstić information content (AvgIpc) is 1.55. The van der Waals surface area contributed by atoms with E-state index in [1.807, 2.05) is 0 Å². The second kappa shape index (κ2) is 6.29. The Morgan fingerprint density at radius 2 is 1.58 bits per heavy atom. The predicted molar refractivity (Wildman–Crippen MR) is 65.8 cm³/mol. The van der Waals surface area contributed by atoms with Crippen molar-refractivity contribution in [1.82, 2.24) is 0 Å². The van der Waals surface area contributed by atoms with Gasteiger partial charge in [0.15, 0.2) is 0 Å². The van der Waals surface area contributed by atoms with Gasteiger partial charge in [-0.2, -0.15) is 7.20 Å². The lowest BCUT2D eigenvalue weighted by Gasteiger charge is -2.27. The first-order valence-corrected chi connectivity index (χ1v) is 9.08. The van der Waals surface area contributed by atoms with E-state index in [-0.39, 0.29) is 31.2 Å². The molecule has 0 saturated carbocycles. The molecule has 0 rings (SSSR count). The van der Waals surface area contributed by atoms with Crippen LogP contribution in [-0.4, -0.2) is 50.4 Å². The summed E-state index contributed by atoms with van der Waals surface area (Å²) in [7, 11) is 6.49. The van der Waals surface area contributed by atoms with Crippen LogP contribution in [0.15, 0.2) is 0 Å². The van der Waals surface area contributed by atoms with Gasteiger partial charge in [-0.3, -0.25) is 0 Å². The molecule has 0 saturated heterocycles. The Morgan fingerprint density at radius 1 is 1.17 bits per heavy atom. The van der Waals surface area contributed by atoms with Gasteiger partial charge in [-0.1, -0.05) is 0 Å². The van der Waals surface area contributed by atoms with Gasteiger partial charge in [0, 0.05) is 6.42 Å². The van der Waals surface area contributed by atoms with E-state index in [2.05, 4.69) is 54.9 Å². The lowest BCUT2D eigenvalue weighted by Crippen LogP contribution is -3.00. The molecule has 0 aliphatic carbocycles. The lowest BCUT2D eigenvalue weighted by atomic mass is 10.4. The van der Waals surface area contributed by atoms with Gasteiger partial charge < -0.3 is 28.5 Å². The number of hydrogen-bond acceptors (Lipinski definition) is 0. The third-order valence-corrected chi connectivity index (χ3v) is 4.04. The molecule has 0 bridgehead atoms. The summed E-state index contributed by atoms with van der Waals surface area (Å²) in [6.07, 6.45) is 6.13. The van der Waals surface area contributed by atoms with Gasteiger partial charge in [0.1, 0.15) is 0 Å². The summed E-state index contributed by atoms with van der Waals surface area (Å²) in [6, 6.07) is 0. The molecular weight excluding hydrogens is 396 g/mol. The second-order valence-electron chi connectivity index (χ2n) is 4.47. The maximum atomic E-state index is 2.60. The van der Waals surface area contributed by atoms with Crippen molar-refractivity contribution < 1.29 is 28.5 Å². The van der Waals surface area contributed by atoms with Crippen molar-refractivity contribution in [2.24, 2.45) is 0 Å². The summed E-state index contributed by atoms with van der Waals surface area (Å²) in [6.45, 7) is 1.30. The van der Waals surface area contributed by atoms with Crippen LogP contribution in [-0.2, 0) is 0 Å². The monoisotopic (exact) mass is 417 g/mol. The van der Waals surface area contributed by atoms with Crippen molar-refractivity contribution in [2.45, 2.75) is 6.42 Å². The van der Waals surface area contributed by atoms with Crippen LogP contribution < -0.4 is 24.0 Å². The standard InChI is InChI=1S/C8H21INS.HI/c1-10(2,3)7-6-8-11(4,5)9;/h6-8H2,1-5H3;1H/q+1;/p-1. The first-order valence-electron chi connectivity index (χ1n) is 3.92. The molecule has 0 radical (unpaired) electrons. The van der Waals surface area contributed by atoms with Crippen LogP contribution in [0, 0.1) is 0 Å². The third kappa shape index (κ3) is 14.3. The molecule has 0 aromatic carbocycles. The molecule has 0 amide bonds. The van der Waals surface area contributed by atoms with Crippen LogP contribution in [0.4, 0.5) is 0 Å². The second-order valence-corrected chi connectivity index (χ2v) is 14.8. The number of nitrogens with zero attached hydrogens (tertiary/aromatic N) is 1. The normalized spacial score (nSPS) is 13.8. The zero-order valence-electron chi connectivity index (χ0n) is 8.73. The van der Waals surface area contributed by atoms with E-state index in [1.165, 1.54) is 18.7 Å². The van der Waals surface area contributed by atoms with Gasteiger partial charge in [-0.25, -0.2) is 0 Å². The Hall–Kier alpha value is 1.77. The highest BCUT2D eigenvalue weighted by atomic mass is 127. The number of halogens is 2. The molecule has 0 aliphatic heterocycles. The van der Waals surface area contributed by atoms with E-state index in [0.29, 0.717) is 0 Å². The highest BCUT2D eigenvalue weighted by Crippen LogP contribution is 2.49. The van der Waals surface area contributed by atoms with Crippen molar-refractivity contribution in [1.29, 1.82) is 0 Å². The van der Waals surface area contributed by atoms with Crippen LogP contribution in [0.1, 0.15) is 6.42 Å². The first kappa shape index (κ1) is 16.2. The molecule has 0 fully saturated rings. The molecule has 12 heavy (non-hydrogen) atoms. The summed E-state index contributed by atoms with van der Waals surface area (Å²) >= 11 is 2.60. The van der Waals surface area contributed by atoms with Crippen LogP contribution >= 0.6 is 28.4 Å². The van der Waals surface area contributed by atoms with E-state index in [9.17, 15) is 0 Å². The van der Waals surface area contributed by atoms with E-state index in [4.69, 9.17) is 0 Å². The predicted octanol–water partition coefficient (Wildman–Crippen LogP) is -0.499. The molecule has 0 aromatic heterocycles. The summed E-state index contributed by atoms with van der Waals surface area (Å²) in [5, 5.41) is 0. The SMILES string of the molecule is C[N+](C)(C)CCCS(C)(C)I.[I-]. The van der Waals surface area contributed by atoms with Crippen molar-refractivity contribution >= 4 is 28.4 Å². The quantitative estimate of drug-likeness (QED) is 0.428. The molecule has 0 atom stereocenters. The third-order valence-electron chi connectivity index (χ3n) is 1.46. The van der Waals surface area contributed by atoms with Crippen molar-refractivity contribution in [3.8, 4) is 0 Å². The molecule has 0 unspecified atom stereocenters. The Balaban J connectivity index is 0. The fourth-order valence-corrected chi connectivity index (χ4v) is 2.63. The van der Waals surface area contributed by atoms with Gasteiger partial charge in [0.05, 0.1) is 27.7 Å². The lowest BCUT2D eigenvalue weighted by molar-refractivity contribution is -0.870. The first-order chi connectivity index (χ1) is 4.71. The van der Waals surface area contributed by atoms with Gasteiger partial charge in [-0.15, -0.1) is 0 Å². The largest absolute Gasteiger partial charge is 1.00 e. The molecule has 0 heterocycles. The van der Waals surface area contributed by atoms with E-state index < -0.39 is 0 Å². The Bertz CT molecular complexity index is 101. The summed E-state index contributed by atoms with van der Waals surface area (Å²) < 4.78 is 1.10. The average molecular weight is 417 g/mol. The zero-order chi connectivity index (χ0) is 9.12. The zero-order valence-corrected chi connectivity index (χ0v) is 13.9. The minimum atomic E-state index is -0.287. The van der Waals surface area contributed by atoms with Crippen molar-refractivity contribution in [3.63, 3.8) is 0 Å². The minimum Gasteiger partial charge on any atom is -1.00 e. The molecule has 78 valence electrons. The van der Waals surface area contributed by atoms with E-state index in [0.717, 1.165) is 4.48 Å². The van der Waals surface area contributed by atoms with Crippen LogP contribution in [0.3, 0.4) is 0 Å². The fourth-order valence-electron chi connectivity index (χ4n) is 0.882. The van der Waals surface area contributed by atoms with Gasteiger partial charge in [-0.05, 0) is 39.5 Å². The molecule has 0 N–H and O–H groups in total. The smallest absolute Gasteiger partial charge is 0.0788 e. The molecular formula is C8H21I2NS. The number of hydrogen-bond donors (Lipinski definition) is 0. The Morgan fingerprint density at radius 3 is 1.83 bits per heavy atom. The molecule has 4 heteroatoms. The molecule has 0 spiro atoms. The summed E-state index contributed by atoms with van der Waals surface area (Å²) in [5.74, 6) is 1.41. The topological polar surface area (TPSA) is 0 Å². The molecule has 1 nitrogen and oxygen atoms in total. The minimum absolute atomic E-state index is 0. The van der Waals surface area contributed by atoms with Crippen LogP contribution in [0.25, 0.3) is 0 Å². The van der Waals surface area contributed by atoms with Gasteiger partial charge in [0.25, 0.3) is 0 Å². The molecule has 0 aliphatic rings. The summed E-state index contributed by atoms with van der Waals surface area (Å²) in [4.78, 5) is 0. The summed E-state index contributed by atoms with van der Waals surface area (Å²) in [5.41, 5.74) is 0. The fraction of sp³-hybridized carbons (Fsp3) is 1.00. The van der Waals surface area contributed by atoms with Crippen LogP contribution in [0.2, 0.25) is 0 Å². The number of rotatable bonds is 4. The Labute approximate surface area is 108 Å². The highest BCUT2D eigenvalue weighted by molar-refractivity contribution is 14.2. The highest BCUT2D eigenvalue weighted by Gasteiger charge is 2.10. The molecule has 0 aromatic rings. The Kier molecular flexibility index (Phi) is 8.50. The van der Waals surface area contributed by atoms with Gasteiger partial charge >= 0.3 is 0 Å². The van der Waals surface area contributed by atoms with Crippen molar-refractivity contribution in [3.05, 3.63) is 0 Å². The van der Waals surface area contributed by atoms with E-state index in [1.54, 1.807) is 0 Å². The van der Waals surface area contributed by atoms with Crippen molar-refractivity contribution in [2.75, 3.05) is 46.0 Å². The van der Waals surface area contributed by atoms with E-state index >= 15 is 0 Å².